The normalized spacial score (nSPS) is 14.8. The van der Waals surface area contributed by atoms with Gasteiger partial charge in [-0.25, -0.2) is 0 Å². The lowest BCUT2D eigenvalue weighted by molar-refractivity contribution is 0.0275. The van der Waals surface area contributed by atoms with Crippen molar-refractivity contribution in [3.8, 4) is 0 Å². The number of benzene rings is 1. The van der Waals surface area contributed by atoms with E-state index in [0.717, 1.165) is 12.0 Å². The van der Waals surface area contributed by atoms with E-state index in [2.05, 4.69) is 24.3 Å². The van der Waals surface area contributed by atoms with E-state index in [1.807, 2.05) is 6.92 Å². The molecule has 0 bridgehead atoms. The van der Waals surface area contributed by atoms with Crippen LogP contribution in [0.4, 0.5) is 0 Å². The Bertz CT molecular complexity index is 295. The average Bonchev–Trinajstić information content (AvgIpc) is 2.26. The van der Waals surface area contributed by atoms with Crippen LogP contribution in [0.15, 0.2) is 24.3 Å². The molecule has 2 unspecified atom stereocenters. The quantitative estimate of drug-likeness (QED) is 0.801. The average molecular weight is 223 g/mol. The molecule has 90 valence electrons. The number of nitrogens with two attached hydrogens (primary N) is 1. The maximum atomic E-state index is 5.75. The van der Waals surface area contributed by atoms with Crippen LogP contribution in [-0.2, 0) is 15.9 Å². The molecule has 0 aliphatic rings. The largest absolute Gasteiger partial charge is 0.382 e. The van der Waals surface area contributed by atoms with Gasteiger partial charge in [-0.3, -0.25) is 0 Å². The molecule has 1 rings (SSSR count). The lowest BCUT2D eigenvalue weighted by Gasteiger charge is -2.15. The molecule has 2 N–H and O–H groups in total. The summed E-state index contributed by atoms with van der Waals surface area (Å²) < 4.78 is 10.4. The molecule has 0 aromatic heterocycles. The van der Waals surface area contributed by atoms with Crippen LogP contribution < -0.4 is 5.73 Å². The van der Waals surface area contributed by atoms with E-state index in [1.54, 1.807) is 14.2 Å². The van der Waals surface area contributed by atoms with Crippen molar-refractivity contribution in [1.82, 2.24) is 0 Å². The molecular weight excluding hydrogens is 202 g/mol. The van der Waals surface area contributed by atoms with Crippen LogP contribution >= 0.6 is 0 Å². The van der Waals surface area contributed by atoms with Gasteiger partial charge in [-0.2, -0.15) is 0 Å². The van der Waals surface area contributed by atoms with Crippen molar-refractivity contribution < 1.29 is 9.47 Å². The van der Waals surface area contributed by atoms with Gasteiger partial charge in [0.15, 0.2) is 0 Å². The van der Waals surface area contributed by atoms with Gasteiger partial charge >= 0.3 is 0 Å². The molecule has 0 saturated carbocycles. The second kappa shape index (κ2) is 6.63. The van der Waals surface area contributed by atoms with Crippen LogP contribution in [0.25, 0.3) is 0 Å². The minimum Gasteiger partial charge on any atom is -0.382 e. The summed E-state index contributed by atoms with van der Waals surface area (Å²) in [6.07, 6.45) is 0.914. The van der Waals surface area contributed by atoms with Crippen LogP contribution in [0.1, 0.15) is 24.2 Å². The zero-order valence-corrected chi connectivity index (χ0v) is 10.3. The summed E-state index contributed by atoms with van der Waals surface area (Å²) in [4.78, 5) is 0. The minimum atomic E-state index is 0.00866. The van der Waals surface area contributed by atoms with E-state index in [9.17, 15) is 0 Å². The van der Waals surface area contributed by atoms with Crippen molar-refractivity contribution in [2.75, 3.05) is 20.8 Å². The van der Waals surface area contributed by atoms with Gasteiger partial charge in [-0.05, 0) is 24.5 Å². The predicted molar refractivity (Wildman–Crippen MR) is 65.4 cm³/mol. The smallest absolute Gasteiger partial charge is 0.105 e. The molecule has 3 nitrogen and oxygen atoms in total. The fourth-order valence-corrected chi connectivity index (χ4v) is 1.69. The van der Waals surface area contributed by atoms with Crippen LogP contribution in [-0.4, -0.2) is 26.9 Å². The molecule has 0 radical (unpaired) electrons. The van der Waals surface area contributed by atoms with Gasteiger partial charge in [-0.15, -0.1) is 0 Å². The van der Waals surface area contributed by atoms with E-state index >= 15 is 0 Å². The standard InChI is InChI=1S/C13H21NO2/c1-10(14)8-11-4-6-12(7-5-11)13(16-3)9-15-2/h4-7,10,13H,8-9,14H2,1-3H3. The maximum Gasteiger partial charge on any atom is 0.105 e. The van der Waals surface area contributed by atoms with E-state index in [1.165, 1.54) is 5.56 Å². The first-order chi connectivity index (χ1) is 7.67. The van der Waals surface area contributed by atoms with Crippen molar-refractivity contribution in [1.29, 1.82) is 0 Å². The zero-order chi connectivity index (χ0) is 12.0. The van der Waals surface area contributed by atoms with E-state index < -0.39 is 0 Å². The highest BCUT2D eigenvalue weighted by Crippen LogP contribution is 2.17. The Morgan fingerprint density at radius 2 is 1.81 bits per heavy atom. The Kier molecular flexibility index (Phi) is 5.46. The first-order valence-corrected chi connectivity index (χ1v) is 5.53. The molecule has 3 heteroatoms. The highest BCUT2D eigenvalue weighted by atomic mass is 16.5. The van der Waals surface area contributed by atoms with E-state index in [0.29, 0.717) is 6.61 Å². The molecule has 0 aliphatic heterocycles. The number of ether oxygens (including phenoxy) is 2. The van der Waals surface area contributed by atoms with Crippen LogP contribution in [0.5, 0.6) is 0 Å². The monoisotopic (exact) mass is 223 g/mol. The van der Waals surface area contributed by atoms with Crippen molar-refractivity contribution in [3.63, 3.8) is 0 Å². The van der Waals surface area contributed by atoms with Crippen molar-refractivity contribution in [2.24, 2.45) is 5.73 Å². The van der Waals surface area contributed by atoms with Crippen molar-refractivity contribution >= 4 is 0 Å². The van der Waals surface area contributed by atoms with Gasteiger partial charge in [-0.1, -0.05) is 24.3 Å². The van der Waals surface area contributed by atoms with E-state index in [4.69, 9.17) is 15.2 Å². The van der Waals surface area contributed by atoms with Gasteiger partial charge in [0.25, 0.3) is 0 Å². The lowest BCUT2D eigenvalue weighted by atomic mass is 10.0. The maximum absolute atomic E-state index is 5.75. The molecule has 0 fully saturated rings. The molecule has 2 atom stereocenters. The summed E-state index contributed by atoms with van der Waals surface area (Å²) in [6, 6.07) is 8.54. The summed E-state index contributed by atoms with van der Waals surface area (Å²) in [5.74, 6) is 0. The SMILES string of the molecule is COCC(OC)c1ccc(CC(C)N)cc1. The summed E-state index contributed by atoms with van der Waals surface area (Å²) in [6.45, 7) is 2.58. The molecule has 0 amide bonds. The fourth-order valence-electron chi connectivity index (χ4n) is 1.69. The first kappa shape index (κ1) is 13.2. The van der Waals surface area contributed by atoms with Gasteiger partial charge in [0.05, 0.1) is 6.61 Å². The fraction of sp³-hybridized carbons (Fsp3) is 0.538. The Morgan fingerprint density at radius 3 is 2.25 bits per heavy atom. The summed E-state index contributed by atoms with van der Waals surface area (Å²) in [5, 5.41) is 0. The molecule has 0 aliphatic carbocycles. The second-order valence-corrected chi connectivity index (χ2v) is 4.10. The molecule has 0 heterocycles. The molecule has 0 saturated heterocycles. The highest BCUT2D eigenvalue weighted by Gasteiger charge is 2.09. The molecule has 1 aromatic carbocycles. The van der Waals surface area contributed by atoms with Crippen LogP contribution in [0, 0.1) is 0 Å². The number of hydrogen-bond donors (Lipinski definition) is 1. The Morgan fingerprint density at radius 1 is 1.19 bits per heavy atom. The highest BCUT2D eigenvalue weighted by molar-refractivity contribution is 5.25. The second-order valence-electron chi connectivity index (χ2n) is 4.10. The summed E-state index contributed by atoms with van der Waals surface area (Å²) in [5.41, 5.74) is 8.14. The topological polar surface area (TPSA) is 44.5 Å². The third-order valence-corrected chi connectivity index (χ3v) is 2.51. The third kappa shape index (κ3) is 3.93. The summed E-state index contributed by atoms with van der Waals surface area (Å²) in [7, 11) is 3.37. The zero-order valence-electron chi connectivity index (χ0n) is 10.3. The Hall–Kier alpha value is -0.900. The number of rotatable bonds is 6. The lowest BCUT2D eigenvalue weighted by Crippen LogP contribution is -2.17. The third-order valence-electron chi connectivity index (χ3n) is 2.51. The predicted octanol–water partition coefficient (Wildman–Crippen LogP) is 1.91. The van der Waals surface area contributed by atoms with Gasteiger partial charge in [0.2, 0.25) is 0 Å². The van der Waals surface area contributed by atoms with Crippen LogP contribution in [0.2, 0.25) is 0 Å². The first-order valence-electron chi connectivity index (χ1n) is 5.53. The van der Waals surface area contributed by atoms with Gasteiger partial charge in [0, 0.05) is 20.3 Å². The summed E-state index contributed by atoms with van der Waals surface area (Å²) >= 11 is 0. The minimum absolute atomic E-state index is 0.00866. The van der Waals surface area contributed by atoms with Crippen molar-refractivity contribution in [3.05, 3.63) is 35.4 Å². The molecule has 1 aromatic rings. The van der Waals surface area contributed by atoms with E-state index in [-0.39, 0.29) is 12.1 Å². The number of methoxy groups -OCH3 is 2. The van der Waals surface area contributed by atoms with Crippen LogP contribution in [0.3, 0.4) is 0 Å². The molecular formula is C13H21NO2. The van der Waals surface area contributed by atoms with Crippen molar-refractivity contribution in [2.45, 2.75) is 25.5 Å². The Balaban J connectivity index is 2.69. The number of hydrogen-bond acceptors (Lipinski definition) is 3. The van der Waals surface area contributed by atoms with Gasteiger partial charge < -0.3 is 15.2 Å². The molecule has 0 spiro atoms. The molecule has 16 heavy (non-hydrogen) atoms. The Labute approximate surface area is 97.6 Å². The van der Waals surface area contributed by atoms with Gasteiger partial charge in [0.1, 0.15) is 6.10 Å².